The molecule has 1 fully saturated rings. The van der Waals surface area contributed by atoms with Crippen LogP contribution < -0.4 is 0 Å². The van der Waals surface area contributed by atoms with E-state index in [1.165, 1.54) is 28.7 Å². The lowest BCUT2D eigenvalue weighted by molar-refractivity contribution is -0.116. The summed E-state index contributed by atoms with van der Waals surface area (Å²) >= 11 is 0. The molecule has 1 N–H and O–H groups in total. The van der Waals surface area contributed by atoms with E-state index in [1.807, 2.05) is 6.08 Å². The number of aliphatic hydroxyl groups is 1. The first-order valence-corrected chi connectivity index (χ1v) is 9.42. The normalized spacial score (nSPS) is 32.7. The first-order valence-electron chi connectivity index (χ1n) is 9.42. The van der Waals surface area contributed by atoms with Crippen LogP contribution in [-0.4, -0.2) is 17.5 Å². The van der Waals surface area contributed by atoms with Gasteiger partial charge in [0.15, 0.2) is 5.78 Å². The summed E-state index contributed by atoms with van der Waals surface area (Å²) in [6.45, 7) is 6.95. The van der Waals surface area contributed by atoms with Crippen LogP contribution in [0.25, 0.3) is 0 Å². The van der Waals surface area contributed by atoms with Crippen LogP contribution >= 0.6 is 0 Å². The summed E-state index contributed by atoms with van der Waals surface area (Å²) in [7, 11) is 0. The molecule has 0 bridgehead atoms. The van der Waals surface area contributed by atoms with Crippen LogP contribution in [0.5, 0.6) is 0 Å². The number of ketones is 1. The number of fused-ring (bicyclic) bond motifs is 5. The highest BCUT2D eigenvalue weighted by atomic mass is 16.3. The molecule has 0 aromatic heterocycles. The highest BCUT2D eigenvalue weighted by Gasteiger charge is 2.50. The summed E-state index contributed by atoms with van der Waals surface area (Å²) in [6, 6.07) is 4.58. The third-order valence-corrected chi connectivity index (χ3v) is 7.29. The average Bonchev–Trinajstić information content (AvgIpc) is 2.96. The van der Waals surface area contributed by atoms with Crippen LogP contribution in [0, 0.1) is 18.3 Å². The second kappa shape index (κ2) is 5.56. The molecule has 2 unspecified atom stereocenters. The van der Waals surface area contributed by atoms with Crippen molar-refractivity contribution in [3.8, 4) is 0 Å². The number of allylic oxidation sites excluding steroid dienone is 2. The Labute approximate surface area is 145 Å². The molecule has 4 rings (SSSR count). The smallest absolute Gasteiger partial charge is 0.155 e. The van der Waals surface area contributed by atoms with Gasteiger partial charge in [0.05, 0.1) is 0 Å². The Balaban J connectivity index is 1.76. The summed E-state index contributed by atoms with van der Waals surface area (Å²) in [4.78, 5) is 11.9. The second-order valence-electron chi connectivity index (χ2n) is 8.44. The molecule has 1 aromatic rings. The van der Waals surface area contributed by atoms with Crippen LogP contribution in [0.3, 0.4) is 0 Å². The Hall–Kier alpha value is -1.41. The van der Waals surface area contributed by atoms with Gasteiger partial charge >= 0.3 is 0 Å². The van der Waals surface area contributed by atoms with E-state index >= 15 is 0 Å². The predicted molar refractivity (Wildman–Crippen MR) is 96.3 cm³/mol. The molecule has 0 spiro atoms. The Morgan fingerprint density at radius 2 is 2.12 bits per heavy atom. The van der Waals surface area contributed by atoms with Gasteiger partial charge in [-0.25, -0.2) is 0 Å². The topological polar surface area (TPSA) is 37.3 Å². The SMILES string of the molecule is Cc1c([C@H](C)CO)ccc2c1CC1C2CCC2=CC(=O)CC[C@@]21C. The van der Waals surface area contributed by atoms with Crippen molar-refractivity contribution in [3.05, 3.63) is 46.0 Å². The number of carbonyl (C=O) groups is 1. The minimum atomic E-state index is 0.199. The second-order valence-corrected chi connectivity index (χ2v) is 8.44. The van der Waals surface area contributed by atoms with Crippen molar-refractivity contribution in [2.24, 2.45) is 11.3 Å². The van der Waals surface area contributed by atoms with E-state index in [-0.39, 0.29) is 17.9 Å². The number of carbonyl (C=O) groups excluding carboxylic acids is 1. The standard InChI is InChI=1S/C22H28O2/c1-13(12-23)17-6-7-18-19-5-4-15-10-16(24)8-9-22(15,3)21(19)11-20(18)14(17)2/h6-7,10,13,19,21,23H,4-5,8-9,11-12H2,1-3H3/t13-,19?,21?,22+/m1/s1. The maximum atomic E-state index is 11.9. The summed E-state index contributed by atoms with van der Waals surface area (Å²) in [6.07, 6.45) is 7.10. The average molecular weight is 324 g/mol. The number of aliphatic hydroxyl groups excluding tert-OH is 1. The van der Waals surface area contributed by atoms with Gasteiger partial charge in [0.1, 0.15) is 0 Å². The Morgan fingerprint density at radius 3 is 2.88 bits per heavy atom. The zero-order valence-corrected chi connectivity index (χ0v) is 15.1. The van der Waals surface area contributed by atoms with E-state index in [2.05, 4.69) is 32.9 Å². The lowest BCUT2D eigenvalue weighted by Crippen LogP contribution is -2.39. The van der Waals surface area contributed by atoms with Crippen molar-refractivity contribution >= 4 is 5.78 Å². The molecule has 1 aromatic carbocycles. The van der Waals surface area contributed by atoms with Gasteiger partial charge in [-0.1, -0.05) is 31.6 Å². The number of hydrogen-bond donors (Lipinski definition) is 1. The van der Waals surface area contributed by atoms with E-state index in [1.54, 1.807) is 5.56 Å². The largest absolute Gasteiger partial charge is 0.396 e. The molecule has 4 atom stereocenters. The van der Waals surface area contributed by atoms with Gasteiger partial charge < -0.3 is 5.11 Å². The molecule has 2 heteroatoms. The number of rotatable bonds is 2. The van der Waals surface area contributed by atoms with Gasteiger partial charge in [0.2, 0.25) is 0 Å². The highest BCUT2D eigenvalue weighted by molar-refractivity contribution is 5.91. The van der Waals surface area contributed by atoms with Crippen LogP contribution in [0.15, 0.2) is 23.8 Å². The molecule has 0 amide bonds. The van der Waals surface area contributed by atoms with Gasteiger partial charge in [-0.3, -0.25) is 4.79 Å². The Bertz CT molecular complexity index is 730. The maximum Gasteiger partial charge on any atom is 0.155 e. The predicted octanol–water partition coefficient (Wildman–Crippen LogP) is 4.44. The Morgan fingerprint density at radius 1 is 1.33 bits per heavy atom. The summed E-state index contributed by atoms with van der Waals surface area (Å²) < 4.78 is 0. The highest BCUT2D eigenvalue weighted by Crippen LogP contribution is 2.60. The Kier molecular flexibility index (Phi) is 3.72. The summed E-state index contributed by atoms with van der Waals surface area (Å²) in [5.74, 6) is 1.81. The molecule has 0 heterocycles. The van der Waals surface area contributed by atoms with E-state index in [4.69, 9.17) is 0 Å². The van der Waals surface area contributed by atoms with Crippen LogP contribution in [0.4, 0.5) is 0 Å². The third-order valence-electron chi connectivity index (χ3n) is 7.29. The van der Waals surface area contributed by atoms with E-state index in [9.17, 15) is 9.90 Å². The molecule has 1 saturated carbocycles. The molecule has 24 heavy (non-hydrogen) atoms. The van der Waals surface area contributed by atoms with E-state index < -0.39 is 0 Å². The van der Waals surface area contributed by atoms with Gasteiger partial charge in [-0.15, -0.1) is 0 Å². The fourth-order valence-electron chi connectivity index (χ4n) is 5.72. The van der Waals surface area contributed by atoms with Crippen LogP contribution in [0.2, 0.25) is 0 Å². The van der Waals surface area contributed by atoms with Gasteiger partial charge in [0, 0.05) is 18.9 Å². The van der Waals surface area contributed by atoms with Crippen molar-refractivity contribution in [1.82, 2.24) is 0 Å². The first kappa shape index (κ1) is 16.1. The zero-order chi connectivity index (χ0) is 17.1. The minimum Gasteiger partial charge on any atom is -0.396 e. The quantitative estimate of drug-likeness (QED) is 0.873. The maximum absolute atomic E-state index is 11.9. The lowest BCUT2D eigenvalue weighted by atomic mass is 9.57. The van der Waals surface area contributed by atoms with Gasteiger partial charge in [-0.05, 0) is 78.2 Å². The number of benzene rings is 1. The van der Waals surface area contributed by atoms with Gasteiger partial charge in [0.25, 0.3) is 0 Å². The van der Waals surface area contributed by atoms with E-state index in [0.717, 1.165) is 19.3 Å². The van der Waals surface area contributed by atoms with Gasteiger partial charge in [-0.2, -0.15) is 0 Å². The molecular weight excluding hydrogens is 296 g/mol. The summed E-state index contributed by atoms with van der Waals surface area (Å²) in [5, 5.41) is 9.55. The fraction of sp³-hybridized carbons (Fsp3) is 0.591. The lowest BCUT2D eigenvalue weighted by Gasteiger charge is -2.47. The van der Waals surface area contributed by atoms with Crippen molar-refractivity contribution in [3.63, 3.8) is 0 Å². The molecular formula is C22H28O2. The minimum absolute atomic E-state index is 0.199. The molecule has 0 radical (unpaired) electrons. The van der Waals surface area contributed by atoms with Crippen molar-refractivity contribution in [2.45, 2.75) is 64.7 Å². The molecule has 2 nitrogen and oxygen atoms in total. The van der Waals surface area contributed by atoms with Crippen molar-refractivity contribution < 1.29 is 9.90 Å². The number of hydrogen-bond acceptors (Lipinski definition) is 2. The molecule has 3 aliphatic rings. The molecule has 0 saturated heterocycles. The molecule has 0 aliphatic heterocycles. The van der Waals surface area contributed by atoms with Crippen molar-refractivity contribution in [2.75, 3.05) is 6.61 Å². The van der Waals surface area contributed by atoms with Crippen LogP contribution in [-0.2, 0) is 11.2 Å². The van der Waals surface area contributed by atoms with Crippen LogP contribution in [0.1, 0.15) is 73.6 Å². The fourth-order valence-corrected chi connectivity index (χ4v) is 5.72. The third kappa shape index (κ3) is 2.15. The van der Waals surface area contributed by atoms with E-state index in [0.29, 0.717) is 24.0 Å². The summed E-state index contributed by atoms with van der Waals surface area (Å²) in [5.41, 5.74) is 7.38. The van der Waals surface area contributed by atoms with Crippen molar-refractivity contribution in [1.29, 1.82) is 0 Å². The monoisotopic (exact) mass is 324 g/mol. The molecule has 128 valence electrons. The zero-order valence-electron chi connectivity index (χ0n) is 15.1. The first-order chi connectivity index (χ1) is 11.5. The molecule has 3 aliphatic carbocycles.